The van der Waals surface area contributed by atoms with Gasteiger partial charge in [-0.1, -0.05) is 341 Å². The molecule has 13 heteroatoms. The monoisotopic (exact) mass is 1820 g/mol. The summed E-state index contributed by atoms with van der Waals surface area (Å²) in [7, 11) is 0. The minimum atomic E-state index is -0.158. The topological polar surface area (TPSA) is 122 Å². The molecule has 0 fully saturated rings. The van der Waals surface area contributed by atoms with Gasteiger partial charge in [0.15, 0.2) is 5.78 Å². The fourth-order valence-corrected chi connectivity index (χ4v) is 26.6. The summed E-state index contributed by atoms with van der Waals surface area (Å²) in [6.45, 7) is 4.64. The summed E-state index contributed by atoms with van der Waals surface area (Å²) in [5.74, 6) is 2.02. The van der Waals surface area contributed by atoms with E-state index in [1.807, 2.05) is 42.5 Å². The number of hydrogen-bond acceptors (Lipinski definition) is 7. The van der Waals surface area contributed by atoms with Crippen LogP contribution in [0, 0.1) is 0 Å². The third-order valence-electron chi connectivity index (χ3n) is 32.4. The summed E-state index contributed by atoms with van der Waals surface area (Å²) in [4.78, 5) is 46.1. The van der Waals surface area contributed by atoms with Crippen LogP contribution in [-0.2, 0) is 5.41 Å². The number of aromatic nitrogens is 12. The highest BCUT2D eigenvalue weighted by Gasteiger charge is 2.38. The summed E-state index contributed by atoms with van der Waals surface area (Å²) in [5, 5.41) is 32.5. The first-order valence-electron chi connectivity index (χ1n) is 49.0. The van der Waals surface area contributed by atoms with Gasteiger partial charge in [-0.2, -0.15) is 0 Å². The molecule has 0 aliphatic heterocycles. The zero-order chi connectivity index (χ0) is 93.1. The van der Waals surface area contributed by atoms with E-state index >= 15 is 0 Å². The van der Waals surface area contributed by atoms with Crippen molar-refractivity contribution in [3.05, 3.63) is 423 Å². The van der Waals surface area contributed by atoms with Gasteiger partial charge in [-0.3, -0.25) is 18.5 Å². The zero-order valence-electron chi connectivity index (χ0n) is 76.9. The fourth-order valence-electron chi connectivity index (χ4n) is 26.6. The predicted molar refractivity (Wildman–Crippen MR) is 589 cm³/mol. The largest absolute Gasteiger partial charge is 0.308 e. The van der Waals surface area contributed by atoms with Crippen LogP contribution in [0.15, 0.2) is 400 Å². The van der Waals surface area contributed by atoms with Gasteiger partial charge in [0.1, 0.15) is 0 Å². The second kappa shape index (κ2) is 27.0. The molecule has 0 radical (unpaired) electrons. The van der Waals surface area contributed by atoms with Crippen LogP contribution in [0.25, 0.3) is 307 Å². The molecule has 0 N–H and O–H groups in total. The minimum absolute atomic E-state index is 0.0170. The predicted octanol–water partition coefficient (Wildman–Crippen LogP) is 32.3. The van der Waals surface area contributed by atoms with Crippen molar-refractivity contribution in [2.45, 2.75) is 19.3 Å². The smallest absolute Gasteiger partial charge is 0.235 e. The number of ketones is 1. The highest BCUT2D eigenvalue weighted by Crippen LogP contribution is 2.56. The molecule has 0 saturated heterocycles. The average molecular weight is 1820 g/mol. The molecule has 0 amide bonds. The summed E-state index contributed by atoms with van der Waals surface area (Å²) in [5.41, 5.74) is 32.7. The molecule has 21 aromatic carbocycles. The van der Waals surface area contributed by atoms with Crippen LogP contribution in [0.2, 0.25) is 0 Å². The van der Waals surface area contributed by atoms with Crippen molar-refractivity contribution in [2.75, 3.05) is 0 Å². The van der Waals surface area contributed by atoms with Gasteiger partial charge in [0.05, 0.1) is 116 Å². The Hall–Kier alpha value is -19.1. The first kappa shape index (κ1) is 76.0. The zero-order valence-corrected chi connectivity index (χ0v) is 76.9. The second-order valence-electron chi connectivity index (χ2n) is 39.6. The molecule has 658 valence electrons. The molecule has 3 aliphatic carbocycles. The van der Waals surface area contributed by atoms with Gasteiger partial charge in [0, 0.05) is 163 Å². The molecule has 12 heterocycles. The summed E-state index contributed by atoms with van der Waals surface area (Å²) in [6.07, 6.45) is 0. The first-order valence-corrected chi connectivity index (χ1v) is 49.0. The lowest BCUT2D eigenvalue weighted by atomic mass is 9.70. The molecule has 12 aromatic heterocycles. The Balaban J connectivity index is 0.0000000929. The molecule has 33 aromatic rings. The van der Waals surface area contributed by atoms with Gasteiger partial charge in [0.25, 0.3) is 0 Å². The van der Waals surface area contributed by atoms with E-state index in [2.05, 4.69) is 399 Å². The summed E-state index contributed by atoms with van der Waals surface area (Å²) < 4.78 is 14.4. The van der Waals surface area contributed by atoms with E-state index in [9.17, 15) is 4.79 Å². The van der Waals surface area contributed by atoms with Gasteiger partial charge in [-0.05, 0) is 111 Å². The van der Waals surface area contributed by atoms with Gasteiger partial charge in [-0.15, -0.1) is 0 Å². The third kappa shape index (κ3) is 9.54. The van der Waals surface area contributed by atoms with Gasteiger partial charge in [0.2, 0.25) is 17.8 Å². The lowest BCUT2D eigenvalue weighted by Crippen LogP contribution is -2.24. The number of benzene rings is 21. The van der Waals surface area contributed by atoms with Gasteiger partial charge in [-0.25, -0.2) is 29.9 Å². The molecule has 143 heavy (non-hydrogen) atoms. The number of para-hydroxylation sites is 6. The van der Waals surface area contributed by atoms with Crippen LogP contribution < -0.4 is 0 Å². The molecular formula is C130H72N12O. The van der Waals surface area contributed by atoms with E-state index < -0.39 is 0 Å². The average Bonchev–Trinajstić information content (AvgIpc) is 1.51. The van der Waals surface area contributed by atoms with Gasteiger partial charge >= 0.3 is 0 Å². The highest BCUT2D eigenvalue weighted by molar-refractivity contribution is 6.41. The molecule has 0 spiro atoms. The maximum absolute atomic E-state index is 13.6. The SMILES string of the molecule is CC1(C)c2ccccc2-c2nc(-n3c4cc5c6ccccc6n6c7ccccc7c(c4c4ccc7ccccc7c43)c56)nc3cccc1c23.O=C1c2ccccc2-c2nc(-n3c4cc5c6ccccc6n6c7ccccc7c(c4c4ccc7ccccc7c43)c56)nc3cccc1c23.c1ccc2c(c1)-c1cccc3nc(-n4c5cc6c7ccccc7n7c8ccccc8c(c5c5ccc8ccccc8c54)c67)nc-2c13. The Labute approximate surface area is 811 Å². The summed E-state index contributed by atoms with van der Waals surface area (Å²) in [6, 6.07) is 144. The Morgan fingerprint density at radius 3 is 0.902 bits per heavy atom. The number of carbonyl (C=O) groups is 1. The number of rotatable bonds is 3. The Morgan fingerprint density at radius 1 is 0.189 bits per heavy atom. The van der Waals surface area contributed by atoms with Crippen LogP contribution in [0.1, 0.15) is 40.9 Å². The van der Waals surface area contributed by atoms with Crippen molar-refractivity contribution in [2.24, 2.45) is 0 Å². The van der Waals surface area contributed by atoms with Crippen molar-refractivity contribution in [3.63, 3.8) is 0 Å². The second-order valence-corrected chi connectivity index (χ2v) is 39.6. The fraction of sp³-hybridized carbons (Fsp3) is 0.0231. The standard InChI is InChI=1S/C45H28N4.C43H22N4O.C42H22N4/c1-45(2)32-17-8-5-15-28(32)41-40-33(45)18-11-19-34(40)46-44(47-41)49-37-24-31-27-14-6-9-20-35(27)48-36-21-10-7-16-29(36)39(43(31)48)38(37)30-23-22-25-12-3-4-13-26(25)42(30)49;48-42-27-14-4-3-13-26(27)39-36-30(42)16-9-17-32(36)44-43(45-39)47-35-22-31-25-12-5-7-18-33(25)46-34-19-8-6-15-28(34)38(41(31)46)37(35)29-21-20-23-10-1-2-11-24(23)40(29)47;1-2-11-24-23(10-1)20-21-30-37-35(22-31-26-13-5-7-18-33(26)45-34-19-8-6-15-29(34)38(37)41(31)45)46(40(24)30)42-43-32-17-9-16-27-25-12-3-4-14-28(25)39(44-42)36(27)32/h3-24H,1-2H3;1-22H;1-22H. The number of nitrogens with zero attached hydrogens (tertiary/aromatic N) is 12. The Morgan fingerprint density at radius 2 is 0.483 bits per heavy atom. The lowest BCUT2D eigenvalue weighted by Gasteiger charge is -2.34. The number of hydrogen-bond donors (Lipinski definition) is 0. The van der Waals surface area contributed by atoms with Crippen molar-refractivity contribution >= 4 is 251 Å². The van der Waals surface area contributed by atoms with Crippen LogP contribution in [0.4, 0.5) is 0 Å². The van der Waals surface area contributed by atoms with Crippen LogP contribution >= 0.6 is 0 Å². The van der Waals surface area contributed by atoms with Crippen molar-refractivity contribution in [3.8, 4) is 62.7 Å². The van der Waals surface area contributed by atoms with Crippen molar-refractivity contribution in [1.29, 1.82) is 0 Å². The molecular weight excluding hydrogens is 1750 g/mol. The Bertz CT molecular complexity index is 11700. The first-order chi connectivity index (χ1) is 70.7. The molecule has 0 bridgehead atoms. The van der Waals surface area contributed by atoms with E-state index in [1.165, 1.54) is 196 Å². The maximum Gasteiger partial charge on any atom is 0.235 e. The van der Waals surface area contributed by atoms with E-state index in [0.717, 1.165) is 105 Å². The minimum Gasteiger partial charge on any atom is -0.308 e. The Kier molecular flexibility index (Phi) is 14.4. The molecule has 13 nitrogen and oxygen atoms in total. The van der Waals surface area contributed by atoms with Crippen LogP contribution in [0.5, 0.6) is 0 Å². The van der Waals surface area contributed by atoms with E-state index in [-0.39, 0.29) is 11.2 Å². The molecule has 36 rings (SSSR count). The van der Waals surface area contributed by atoms with Crippen molar-refractivity contribution in [1.82, 2.24) is 56.8 Å². The highest BCUT2D eigenvalue weighted by atomic mass is 16.1. The molecule has 0 unspecified atom stereocenters. The maximum atomic E-state index is 13.6. The lowest BCUT2D eigenvalue weighted by molar-refractivity contribution is 0.104. The third-order valence-corrected chi connectivity index (χ3v) is 32.4. The molecule has 0 saturated carbocycles. The van der Waals surface area contributed by atoms with E-state index in [0.29, 0.717) is 29.0 Å². The van der Waals surface area contributed by atoms with Crippen LogP contribution in [0.3, 0.4) is 0 Å². The molecule has 0 atom stereocenters. The quantitative estimate of drug-likeness (QED) is 0.173. The number of carbonyl (C=O) groups excluding carboxylic acids is 1. The van der Waals surface area contributed by atoms with E-state index in [1.54, 1.807) is 0 Å². The summed E-state index contributed by atoms with van der Waals surface area (Å²) >= 11 is 0. The normalized spacial score (nSPS) is 13.3. The number of fused-ring (bicyclic) bond motifs is 43. The van der Waals surface area contributed by atoms with Gasteiger partial charge < -0.3 is 13.2 Å². The van der Waals surface area contributed by atoms with Crippen LogP contribution in [-0.4, -0.2) is 62.6 Å². The van der Waals surface area contributed by atoms with E-state index in [4.69, 9.17) is 29.9 Å². The van der Waals surface area contributed by atoms with Crippen molar-refractivity contribution < 1.29 is 4.79 Å². The molecule has 3 aliphatic rings.